The van der Waals surface area contributed by atoms with Crippen LogP contribution in [0, 0.1) is 0 Å². The van der Waals surface area contributed by atoms with Crippen LogP contribution in [0.5, 0.6) is 0 Å². The minimum atomic E-state index is -1.82. The molecule has 7 heavy (non-hydrogen) atoms. The molecule has 0 atom stereocenters. The molecule has 5 heteroatoms. The van der Waals surface area contributed by atoms with Crippen molar-refractivity contribution in [1.29, 1.82) is 0 Å². The molecule has 0 amide bonds. The molecule has 0 saturated heterocycles. The summed E-state index contributed by atoms with van der Waals surface area (Å²) in [5, 5.41) is 14.8. The Morgan fingerprint density at radius 2 is 1.14 bits per heavy atom. The molecule has 0 aromatic rings. The van der Waals surface area contributed by atoms with Crippen LogP contribution in [0.1, 0.15) is 0 Å². The maximum atomic E-state index is 9.10. The molecule has 2 N–H and O–H groups in total. The Labute approximate surface area is 98.3 Å². The Morgan fingerprint density at radius 3 is 1.14 bits per heavy atom. The molecule has 4 nitrogen and oxygen atoms in total. The molecule has 0 bridgehead atoms. The number of carboxylic acid groups (broad SMARTS) is 2. The molecular weight excluding hydrogens is 221 g/mol. The van der Waals surface area contributed by atoms with Crippen LogP contribution >= 0.6 is 0 Å². The average molecular weight is 223 g/mol. The zero-order chi connectivity index (χ0) is 5.15. The van der Waals surface area contributed by atoms with Gasteiger partial charge in [-0.3, -0.25) is 0 Å². The van der Waals surface area contributed by atoms with Crippen LogP contribution in [0.25, 0.3) is 0 Å². The van der Waals surface area contributed by atoms with Gasteiger partial charge in [0.05, 0.1) is 0 Å². The van der Waals surface area contributed by atoms with E-state index in [1.165, 1.54) is 0 Å². The van der Waals surface area contributed by atoms with Crippen LogP contribution in [-0.2, 0) is 9.59 Å². The number of hydrogen-bond acceptors (Lipinski definition) is 2. The molecule has 0 unspecified atom stereocenters. The molecule has 0 aliphatic rings. The predicted molar refractivity (Wildman–Crippen MR) is 21.0 cm³/mol. The van der Waals surface area contributed by atoms with Gasteiger partial charge in [-0.05, 0) is 0 Å². The average Bonchev–Trinajstić information content (AvgIpc) is 1.36. The quantitative estimate of drug-likeness (QED) is 0.504. The second kappa shape index (κ2) is 5.13. The van der Waals surface area contributed by atoms with E-state index >= 15 is 0 Å². The number of hydrogen-bond donors (Lipinski definition) is 2. The summed E-state index contributed by atoms with van der Waals surface area (Å²) in [6.45, 7) is 0. The third-order valence-electron chi connectivity index (χ3n) is 0.183. The zero-order valence-electron chi connectivity index (χ0n) is 3.71. The third kappa shape index (κ3) is 6.99. The molecule has 0 fully saturated rings. The van der Waals surface area contributed by atoms with Crippen molar-refractivity contribution in [2.45, 2.75) is 0 Å². The molecule has 35 valence electrons. The van der Waals surface area contributed by atoms with Gasteiger partial charge in [-0.15, -0.1) is 0 Å². The van der Waals surface area contributed by atoms with Gasteiger partial charge in [-0.25, -0.2) is 9.59 Å². The summed E-state index contributed by atoms with van der Waals surface area (Å²) in [4.78, 5) is 18.2. The first-order valence-electron chi connectivity index (χ1n) is 1.11. The van der Waals surface area contributed by atoms with Crippen molar-refractivity contribution in [3.63, 3.8) is 0 Å². The van der Waals surface area contributed by atoms with Gasteiger partial charge in [0.15, 0.2) is 0 Å². The number of carboxylic acids is 2. The van der Waals surface area contributed by atoms with E-state index in [1.54, 1.807) is 0 Å². The number of rotatable bonds is 0. The van der Waals surface area contributed by atoms with Crippen LogP contribution in [0.4, 0.5) is 0 Å². The van der Waals surface area contributed by atoms with Gasteiger partial charge in [-0.2, -0.15) is 0 Å². The van der Waals surface area contributed by atoms with Crippen LogP contribution in [0.2, 0.25) is 0 Å². The van der Waals surface area contributed by atoms with E-state index in [2.05, 4.69) is 0 Å². The standard InChI is InChI=1S/C2H2O4.Cs/c3-1(4)2(5)6;/h(H,3,4)(H,5,6);. The molecule has 0 aliphatic heterocycles. The van der Waals surface area contributed by atoms with Crippen LogP contribution in [0.3, 0.4) is 0 Å². The van der Waals surface area contributed by atoms with Crippen molar-refractivity contribution >= 4 is 80.8 Å². The van der Waals surface area contributed by atoms with Crippen molar-refractivity contribution in [1.82, 2.24) is 0 Å². The van der Waals surface area contributed by atoms with Crippen LogP contribution in [-0.4, -0.2) is 91.0 Å². The summed E-state index contributed by atoms with van der Waals surface area (Å²) in [6, 6.07) is 0. The van der Waals surface area contributed by atoms with E-state index in [9.17, 15) is 0 Å². The molecule has 0 saturated carbocycles. The second-order valence-electron chi connectivity index (χ2n) is 0.610. The van der Waals surface area contributed by atoms with Crippen LogP contribution < -0.4 is 0 Å². The van der Waals surface area contributed by atoms with E-state index in [4.69, 9.17) is 19.8 Å². The maximum Gasteiger partial charge on any atom is 0.414 e. The maximum absolute atomic E-state index is 9.10. The summed E-state index contributed by atoms with van der Waals surface area (Å²) in [6.07, 6.45) is 0. The van der Waals surface area contributed by atoms with Crippen molar-refractivity contribution in [2.24, 2.45) is 0 Å². The molecule has 0 rings (SSSR count). The van der Waals surface area contributed by atoms with E-state index in [0.717, 1.165) is 0 Å². The molecule has 0 heterocycles. The normalized spacial score (nSPS) is 6.29. The van der Waals surface area contributed by atoms with E-state index in [1.807, 2.05) is 0 Å². The fourth-order valence-electron chi connectivity index (χ4n) is 0. The van der Waals surface area contributed by atoms with Crippen molar-refractivity contribution < 1.29 is 19.8 Å². The fourth-order valence-corrected chi connectivity index (χ4v) is 0. The van der Waals surface area contributed by atoms with Crippen molar-refractivity contribution in [2.75, 3.05) is 0 Å². The van der Waals surface area contributed by atoms with E-state index < -0.39 is 11.9 Å². The largest absolute Gasteiger partial charge is 0.473 e. The van der Waals surface area contributed by atoms with Gasteiger partial charge in [0, 0.05) is 68.9 Å². The summed E-state index contributed by atoms with van der Waals surface area (Å²) in [5.74, 6) is -3.65. The van der Waals surface area contributed by atoms with Crippen LogP contribution in [0.15, 0.2) is 0 Å². The van der Waals surface area contributed by atoms with Crippen molar-refractivity contribution in [3.8, 4) is 0 Å². The minimum Gasteiger partial charge on any atom is -0.473 e. The van der Waals surface area contributed by atoms with Gasteiger partial charge in [0.1, 0.15) is 0 Å². The Morgan fingerprint density at radius 1 is 1.00 bits per heavy atom. The summed E-state index contributed by atoms with van der Waals surface area (Å²) in [5.41, 5.74) is 0. The molecule has 0 aliphatic carbocycles. The minimum absolute atomic E-state index is 0. The summed E-state index contributed by atoms with van der Waals surface area (Å²) in [7, 11) is 0. The fraction of sp³-hybridized carbons (Fsp3) is 0. The first-order chi connectivity index (χ1) is 2.64. The molecule has 0 aromatic heterocycles. The molecule has 0 spiro atoms. The molecule has 0 aromatic carbocycles. The predicted octanol–water partition coefficient (Wildman–Crippen LogP) is -1.23. The summed E-state index contributed by atoms with van der Waals surface area (Å²) < 4.78 is 0. The zero-order valence-corrected chi connectivity index (χ0v) is 9.99. The number of aliphatic carboxylic acids is 2. The van der Waals surface area contributed by atoms with Gasteiger partial charge in [-0.1, -0.05) is 0 Å². The molecular formula is C2H2CsO4. The second-order valence-corrected chi connectivity index (χ2v) is 0.610. The van der Waals surface area contributed by atoms with Gasteiger partial charge in [0.2, 0.25) is 0 Å². The Balaban J connectivity index is 0. The van der Waals surface area contributed by atoms with Gasteiger partial charge >= 0.3 is 11.9 Å². The summed E-state index contributed by atoms with van der Waals surface area (Å²) >= 11 is 0. The third-order valence-corrected chi connectivity index (χ3v) is 0.183. The first-order valence-corrected chi connectivity index (χ1v) is 1.11. The first kappa shape index (κ1) is 10.9. The van der Waals surface area contributed by atoms with E-state index in [0.29, 0.717) is 0 Å². The van der Waals surface area contributed by atoms with Gasteiger partial charge in [0.25, 0.3) is 0 Å². The molecule has 1 radical (unpaired) electrons. The Bertz CT molecular complexity index is 75.7. The van der Waals surface area contributed by atoms with Crippen molar-refractivity contribution in [3.05, 3.63) is 0 Å². The van der Waals surface area contributed by atoms with E-state index in [-0.39, 0.29) is 68.9 Å². The Kier molecular flexibility index (Phi) is 7.98. The smallest absolute Gasteiger partial charge is 0.414 e. The monoisotopic (exact) mass is 223 g/mol. The topological polar surface area (TPSA) is 74.6 Å². The number of carbonyl (C=O) groups is 2. The van der Waals surface area contributed by atoms with Gasteiger partial charge < -0.3 is 10.2 Å². The SMILES string of the molecule is O=C(O)C(=O)O.[Cs]. The Hall–Kier alpha value is 0.992.